The van der Waals surface area contributed by atoms with Gasteiger partial charge in [0, 0.05) is 36.7 Å². The molecule has 0 atom stereocenters. The van der Waals surface area contributed by atoms with Crippen LogP contribution in [0.4, 0.5) is 5.82 Å². The molecule has 5 heteroatoms. The summed E-state index contributed by atoms with van der Waals surface area (Å²) in [6, 6.07) is 1.91. The second-order valence-electron chi connectivity index (χ2n) is 4.87. The van der Waals surface area contributed by atoms with Crippen molar-refractivity contribution in [1.82, 2.24) is 9.88 Å². The predicted octanol–water partition coefficient (Wildman–Crippen LogP) is 1.52. The van der Waals surface area contributed by atoms with Gasteiger partial charge in [-0.15, -0.1) is 0 Å². The van der Waals surface area contributed by atoms with E-state index in [1.54, 1.807) is 17.3 Å². The lowest BCUT2D eigenvalue weighted by Gasteiger charge is -2.32. The number of hydrogen-bond donors (Lipinski definition) is 0. The summed E-state index contributed by atoms with van der Waals surface area (Å²) >= 11 is 0. The Labute approximate surface area is 117 Å². The van der Waals surface area contributed by atoms with Crippen LogP contribution in [-0.4, -0.2) is 35.7 Å². The third kappa shape index (κ3) is 2.22. The number of aryl methyl sites for hydroxylation is 1. The zero-order chi connectivity index (χ0) is 13.9. The van der Waals surface area contributed by atoms with Crippen molar-refractivity contribution < 1.29 is 9.59 Å². The molecule has 0 saturated heterocycles. The highest BCUT2D eigenvalue weighted by Gasteiger charge is 2.21. The molecule has 0 bridgehead atoms. The van der Waals surface area contributed by atoms with Gasteiger partial charge in [-0.05, 0) is 36.6 Å². The number of fused-ring (bicyclic) bond motifs is 1. The van der Waals surface area contributed by atoms with Crippen molar-refractivity contribution in [1.29, 1.82) is 0 Å². The topological polar surface area (TPSA) is 53.5 Å². The molecule has 1 aromatic heterocycles. The minimum Gasteiger partial charge on any atom is -0.326 e. The summed E-state index contributed by atoms with van der Waals surface area (Å²) in [6.45, 7) is 1.48. The normalized spacial score (nSPS) is 17.5. The Balaban J connectivity index is 1.91. The average Bonchev–Trinajstić information content (AvgIpc) is 2.54. The van der Waals surface area contributed by atoms with E-state index in [1.807, 2.05) is 18.2 Å². The quantitative estimate of drug-likeness (QED) is 0.781. The number of anilines is 1. The minimum atomic E-state index is 0.577. The molecule has 5 nitrogen and oxygen atoms in total. The van der Waals surface area contributed by atoms with Gasteiger partial charge in [-0.2, -0.15) is 0 Å². The number of hydrogen-bond acceptors (Lipinski definition) is 4. The van der Waals surface area contributed by atoms with Crippen LogP contribution in [0.2, 0.25) is 0 Å². The fourth-order valence-corrected chi connectivity index (χ4v) is 2.58. The minimum absolute atomic E-state index is 0.577. The number of aldehydes is 1. The molecule has 3 heterocycles. The third-order valence-electron chi connectivity index (χ3n) is 3.58. The molecule has 0 radical (unpaired) electrons. The zero-order valence-electron chi connectivity index (χ0n) is 11.0. The second-order valence-corrected chi connectivity index (χ2v) is 4.87. The second kappa shape index (κ2) is 5.28. The maximum atomic E-state index is 10.8. The van der Waals surface area contributed by atoms with Gasteiger partial charge in [0.05, 0.1) is 0 Å². The largest absolute Gasteiger partial charge is 0.326 e. The summed E-state index contributed by atoms with van der Waals surface area (Å²) in [5.41, 5.74) is 2.77. The van der Waals surface area contributed by atoms with E-state index in [2.05, 4.69) is 9.88 Å². The summed E-state index contributed by atoms with van der Waals surface area (Å²) in [5.74, 6) is 0.914. The van der Waals surface area contributed by atoms with E-state index in [0.29, 0.717) is 12.1 Å². The average molecular weight is 269 g/mol. The molecule has 0 aromatic carbocycles. The molecular formula is C15H15N3O2. The van der Waals surface area contributed by atoms with Gasteiger partial charge in [0.25, 0.3) is 0 Å². The summed E-state index contributed by atoms with van der Waals surface area (Å²) in [6.07, 6.45) is 10.9. The van der Waals surface area contributed by atoms with Gasteiger partial charge >= 0.3 is 0 Å². The van der Waals surface area contributed by atoms with E-state index in [4.69, 9.17) is 0 Å². The summed E-state index contributed by atoms with van der Waals surface area (Å²) < 4.78 is 0. The maximum Gasteiger partial charge on any atom is 0.213 e. The van der Waals surface area contributed by atoms with Crippen molar-refractivity contribution in [3.63, 3.8) is 0 Å². The number of carbonyl (C=O) groups is 2. The van der Waals surface area contributed by atoms with Crippen LogP contribution in [0.25, 0.3) is 0 Å². The van der Waals surface area contributed by atoms with Crippen LogP contribution in [0.15, 0.2) is 36.3 Å². The highest BCUT2D eigenvalue weighted by Crippen LogP contribution is 2.29. The first kappa shape index (κ1) is 12.6. The molecule has 0 aliphatic carbocycles. The highest BCUT2D eigenvalue weighted by atomic mass is 16.1. The Morgan fingerprint density at radius 2 is 2.20 bits per heavy atom. The maximum absolute atomic E-state index is 10.8. The predicted molar refractivity (Wildman–Crippen MR) is 75.3 cm³/mol. The van der Waals surface area contributed by atoms with Crippen LogP contribution in [0.5, 0.6) is 0 Å². The van der Waals surface area contributed by atoms with Crippen molar-refractivity contribution in [3.8, 4) is 0 Å². The fourth-order valence-electron chi connectivity index (χ4n) is 2.58. The molecular weight excluding hydrogens is 254 g/mol. The first-order valence-corrected chi connectivity index (χ1v) is 6.63. The number of nitrogens with zero attached hydrogens (tertiary/aromatic N) is 3. The first-order valence-electron chi connectivity index (χ1n) is 6.63. The van der Waals surface area contributed by atoms with Crippen LogP contribution in [0.1, 0.15) is 22.3 Å². The highest BCUT2D eigenvalue weighted by molar-refractivity contribution is 5.76. The fraction of sp³-hybridized carbons (Fsp3) is 0.267. The van der Waals surface area contributed by atoms with E-state index < -0.39 is 0 Å². The molecule has 3 rings (SSSR count). The lowest BCUT2D eigenvalue weighted by Crippen LogP contribution is -2.31. The Kier molecular flexibility index (Phi) is 3.33. The first-order chi connectivity index (χ1) is 9.81. The van der Waals surface area contributed by atoms with Crippen LogP contribution in [-0.2, 0) is 11.2 Å². The van der Waals surface area contributed by atoms with Gasteiger partial charge in [0.1, 0.15) is 5.82 Å². The van der Waals surface area contributed by atoms with E-state index >= 15 is 0 Å². The van der Waals surface area contributed by atoms with Crippen molar-refractivity contribution in [3.05, 3.63) is 47.4 Å². The van der Waals surface area contributed by atoms with Gasteiger partial charge in [-0.3, -0.25) is 9.59 Å². The number of carbonyl (C=O) groups excluding carboxylic acids is 2. The van der Waals surface area contributed by atoms with E-state index in [-0.39, 0.29) is 0 Å². The zero-order valence-corrected chi connectivity index (χ0v) is 11.0. The van der Waals surface area contributed by atoms with Crippen LogP contribution < -0.4 is 4.90 Å². The van der Waals surface area contributed by atoms with Crippen LogP contribution in [0, 0.1) is 0 Å². The van der Waals surface area contributed by atoms with Crippen molar-refractivity contribution in [2.24, 2.45) is 0 Å². The van der Waals surface area contributed by atoms with Gasteiger partial charge in [0.15, 0.2) is 6.29 Å². The Morgan fingerprint density at radius 1 is 1.30 bits per heavy atom. The Morgan fingerprint density at radius 3 is 2.90 bits per heavy atom. The molecule has 0 spiro atoms. The molecule has 0 saturated carbocycles. The number of rotatable bonds is 3. The van der Waals surface area contributed by atoms with Crippen molar-refractivity contribution >= 4 is 18.5 Å². The van der Waals surface area contributed by atoms with Gasteiger partial charge in [-0.25, -0.2) is 4.98 Å². The molecule has 1 aromatic rings. The van der Waals surface area contributed by atoms with E-state index in [1.165, 1.54) is 0 Å². The lowest BCUT2D eigenvalue weighted by molar-refractivity contribution is -0.115. The van der Waals surface area contributed by atoms with Crippen LogP contribution >= 0.6 is 0 Å². The number of allylic oxidation sites excluding steroid dienone is 1. The molecule has 1 amide bonds. The lowest BCUT2D eigenvalue weighted by atomic mass is 10.0. The van der Waals surface area contributed by atoms with Crippen molar-refractivity contribution in [2.45, 2.75) is 12.8 Å². The summed E-state index contributed by atoms with van der Waals surface area (Å²) in [7, 11) is 0. The van der Waals surface area contributed by atoms with Gasteiger partial charge in [0.2, 0.25) is 6.41 Å². The summed E-state index contributed by atoms with van der Waals surface area (Å²) in [5, 5.41) is 0. The number of pyridine rings is 1. The molecule has 0 N–H and O–H groups in total. The SMILES string of the molecule is O=Cc1cnc2c(c1)CCCN2C1=CCN(C=O)C=C1. The Bertz CT molecular complexity index is 607. The van der Waals surface area contributed by atoms with E-state index in [9.17, 15) is 9.59 Å². The smallest absolute Gasteiger partial charge is 0.213 e. The van der Waals surface area contributed by atoms with E-state index in [0.717, 1.165) is 49.2 Å². The third-order valence-corrected chi connectivity index (χ3v) is 3.58. The standard InChI is InChI=1S/C15H15N3O2/c19-10-12-8-13-2-1-5-18(15(13)16-9-12)14-3-6-17(11-20)7-4-14/h3-4,6,8-11H,1-2,5,7H2. The molecule has 2 aliphatic rings. The molecule has 0 unspecified atom stereocenters. The van der Waals surface area contributed by atoms with Crippen LogP contribution in [0.3, 0.4) is 0 Å². The number of aromatic nitrogens is 1. The van der Waals surface area contributed by atoms with Gasteiger partial charge in [-0.1, -0.05) is 0 Å². The molecule has 2 aliphatic heterocycles. The Hall–Kier alpha value is -2.43. The van der Waals surface area contributed by atoms with Gasteiger partial charge < -0.3 is 9.80 Å². The molecule has 0 fully saturated rings. The molecule has 20 heavy (non-hydrogen) atoms. The molecule has 102 valence electrons. The van der Waals surface area contributed by atoms with Crippen molar-refractivity contribution in [2.75, 3.05) is 18.0 Å². The monoisotopic (exact) mass is 269 g/mol. The number of amides is 1. The summed E-state index contributed by atoms with van der Waals surface area (Å²) in [4.78, 5) is 29.7.